The maximum absolute atomic E-state index is 3.74. The number of nitrogens with one attached hydrogen (secondary N) is 1. The van der Waals surface area contributed by atoms with E-state index < -0.39 is 0 Å². The normalized spacial score (nSPS) is 30.4. The van der Waals surface area contributed by atoms with Crippen LogP contribution >= 0.6 is 0 Å². The Kier molecular flexibility index (Phi) is 5.11. The molecule has 1 aliphatic carbocycles. The summed E-state index contributed by atoms with van der Waals surface area (Å²) in [4.78, 5) is 0. The Morgan fingerprint density at radius 2 is 2.00 bits per heavy atom. The molecule has 15 heavy (non-hydrogen) atoms. The first-order valence-electron chi connectivity index (χ1n) is 6.78. The highest BCUT2D eigenvalue weighted by atomic mass is 14.9. The second-order valence-corrected chi connectivity index (χ2v) is 6.15. The van der Waals surface area contributed by atoms with E-state index in [2.05, 4.69) is 33.0 Å². The Bertz CT molecular complexity index is 174. The molecule has 0 heterocycles. The van der Waals surface area contributed by atoms with Gasteiger partial charge in [0.1, 0.15) is 0 Å². The van der Waals surface area contributed by atoms with E-state index in [1.807, 2.05) is 0 Å². The van der Waals surface area contributed by atoms with Gasteiger partial charge in [-0.05, 0) is 43.6 Å². The summed E-state index contributed by atoms with van der Waals surface area (Å²) in [6, 6.07) is 0.787. The molecule has 1 fully saturated rings. The molecule has 0 spiro atoms. The van der Waals surface area contributed by atoms with E-state index in [-0.39, 0.29) is 0 Å². The summed E-state index contributed by atoms with van der Waals surface area (Å²) < 4.78 is 0. The van der Waals surface area contributed by atoms with Crippen LogP contribution in [0.15, 0.2) is 0 Å². The monoisotopic (exact) mass is 211 g/mol. The highest BCUT2D eigenvalue weighted by Gasteiger charge is 2.31. The van der Waals surface area contributed by atoms with Crippen molar-refractivity contribution in [2.24, 2.45) is 11.3 Å². The van der Waals surface area contributed by atoms with Crippen LogP contribution in [-0.4, -0.2) is 12.6 Å². The number of unbranched alkanes of at least 4 members (excludes halogenated alkanes) is 2. The lowest BCUT2D eigenvalue weighted by molar-refractivity contribution is 0.149. The van der Waals surface area contributed by atoms with Gasteiger partial charge in [-0.2, -0.15) is 0 Å². The van der Waals surface area contributed by atoms with Crippen LogP contribution in [0, 0.1) is 11.3 Å². The van der Waals surface area contributed by atoms with Crippen molar-refractivity contribution in [1.82, 2.24) is 5.32 Å². The largest absolute Gasteiger partial charge is 0.314 e. The summed E-state index contributed by atoms with van der Waals surface area (Å²) in [6.07, 6.45) is 8.21. The van der Waals surface area contributed by atoms with Crippen molar-refractivity contribution in [1.29, 1.82) is 0 Å². The summed E-state index contributed by atoms with van der Waals surface area (Å²) in [5.74, 6) is 0.857. The van der Waals surface area contributed by atoms with Gasteiger partial charge in [0.05, 0.1) is 0 Å². The van der Waals surface area contributed by atoms with Crippen molar-refractivity contribution < 1.29 is 0 Å². The van der Waals surface area contributed by atoms with Crippen molar-refractivity contribution in [3.05, 3.63) is 0 Å². The summed E-state index contributed by atoms with van der Waals surface area (Å²) >= 11 is 0. The van der Waals surface area contributed by atoms with Crippen LogP contribution in [0.1, 0.15) is 66.2 Å². The van der Waals surface area contributed by atoms with Gasteiger partial charge < -0.3 is 5.32 Å². The minimum Gasteiger partial charge on any atom is -0.314 e. The highest BCUT2D eigenvalue weighted by molar-refractivity contribution is 4.86. The smallest absolute Gasteiger partial charge is 0.00930 e. The summed E-state index contributed by atoms with van der Waals surface area (Å²) in [6.45, 7) is 10.7. The molecule has 1 rings (SSSR count). The number of rotatable bonds is 5. The zero-order valence-electron chi connectivity index (χ0n) is 11.1. The highest BCUT2D eigenvalue weighted by Crippen LogP contribution is 2.38. The first-order chi connectivity index (χ1) is 7.05. The molecule has 0 aromatic rings. The standard InChI is InChI=1S/C14H29N/c1-5-6-7-10-15-13-8-9-14(3,4)11-12(13)2/h12-13,15H,5-11H2,1-4H3. The average Bonchev–Trinajstić information content (AvgIpc) is 2.14. The molecule has 1 N–H and O–H groups in total. The molecular formula is C14H29N. The Morgan fingerprint density at radius 3 is 2.60 bits per heavy atom. The number of hydrogen-bond donors (Lipinski definition) is 1. The van der Waals surface area contributed by atoms with Gasteiger partial charge in [-0.1, -0.05) is 40.5 Å². The fourth-order valence-corrected chi connectivity index (χ4v) is 2.91. The minimum absolute atomic E-state index is 0.584. The second-order valence-electron chi connectivity index (χ2n) is 6.15. The fourth-order valence-electron chi connectivity index (χ4n) is 2.91. The van der Waals surface area contributed by atoms with Crippen LogP contribution in [0.4, 0.5) is 0 Å². The SMILES string of the molecule is CCCCCNC1CCC(C)(C)CC1C. The predicted octanol–water partition coefficient (Wildman–Crippen LogP) is 3.98. The fraction of sp³-hybridized carbons (Fsp3) is 1.00. The van der Waals surface area contributed by atoms with E-state index >= 15 is 0 Å². The Morgan fingerprint density at radius 1 is 1.27 bits per heavy atom. The molecule has 0 aromatic carbocycles. The van der Waals surface area contributed by atoms with Crippen LogP contribution < -0.4 is 5.32 Å². The number of hydrogen-bond acceptors (Lipinski definition) is 1. The maximum atomic E-state index is 3.74. The molecule has 0 aliphatic heterocycles. The van der Waals surface area contributed by atoms with E-state index in [0.717, 1.165) is 12.0 Å². The average molecular weight is 211 g/mol. The molecule has 1 nitrogen and oxygen atoms in total. The van der Waals surface area contributed by atoms with Crippen molar-refractivity contribution in [2.45, 2.75) is 72.3 Å². The van der Waals surface area contributed by atoms with Crippen LogP contribution in [0.25, 0.3) is 0 Å². The molecule has 1 aliphatic rings. The topological polar surface area (TPSA) is 12.0 Å². The third-order valence-electron chi connectivity index (χ3n) is 3.88. The third-order valence-corrected chi connectivity index (χ3v) is 3.88. The molecule has 1 saturated carbocycles. The molecule has 0 saturated heterocycles. The van der Waals surface area contributed by atoms with Crippen LogP contribution in [0.2, 0.25) is 0 Å². The van der Waals surface area contributed by atoms with Gasteiger partial charge in [-0.25, -0.2) is 0 Å². The van der Waals surface area contributed by atoms with E-state index in [9.17, 15) is 0 Å². The first-order valence-corrected chi connectivity index (χ1v) is 6.78. The van der Waals surface area contributed by atoms with Crippen molar-refractivity contribution in [2.75, 3.05) is 6.54 Å². The predicted molar refractivity (Wildman–Crippen MR) is 68.1 cm³/mol. The van der Waals surface area contributed by atoms with Gasteiger partial charge in [-0.15, -0.1) is 0 Å². The molecule has 0 amide bonds. The van der Waals surface area contributed by atoms with Crippen LogP contribution in [0.3, 0.4) is 0 Å². The third kappa shape index (κ3) is 4.55. The Hall–Kier alpha value is -0.0400. The van der Waals surface area contributed by atoms with Gasteiger partial charge in [-0.3, -0.25) is 0 Å². The molecule has 0 aromatic heterocycles. The first kappa shape index (κ1) is 13.0. The molecule has 2 atom stereocenters. The quantitative estimate of drug-likeness (QED) is 0.678. The van der Waals surface area contributed by atoms with Crippen molar-refractivity contribution >= 4 is 0 Å². The molecule has 0 bridgehead atoms. The molecule has 2 unspecified atom stereocenters. The maximum Gasteiger partial charge on any atom is 0.00930 e. The summed E-state index contributed by atoms with van der Waals surface area (Å²) in [7, 11) is 0. The molecule has 0 radical (unpaired) electrons. The molecule has 1 heteroatoms. The van der Waals surface area contributed by atoms with E-state index in [1.165, 1.54) is 45.1 Å². The van der Waals surface area contributed by atoms with Gasteiger partial charge in [0.2, 0.25) is 0 Å². The Balaban J connectivity index is 2.20. The van der Waals surface area contributed by atoms with E-state index in [1.54, 1.807) is 0 Å². The second kappa shape index (κ2) is 5.89. The zero-order valence-corrected chi connectivity index (χ0v) is 11.1. The van der Waals surface area contributed by atoms with Gasteiger partial charge in [0, 0.05) is 6.04 Å². The van der Waals surface area contributed by atoms with E-state index in [4.69, 9.17) is 0 Å². The van der Waals surface area contributed by atoms with Gasteiger partial charge >= 0.3 is 0 Å². The Labute approximate surface area is 96.0 Å². The lowest BCUT2D eigenvalue weighted by atomic mass is 9.70. The van der Waals surface area contributed by atoms with Gasteiger partial charge in [0.15, 0.2) is 0 Å². The summed E-state index contributed by atoms with van der Waals surface area (Å²) in [5, 5.41) is 3.74. The van der Waals surface area contributed by atoms with Crippen LogP contribution in [-0.2, 0) is 0 Å². The lowest BCUT2D eigenvalue weighted by Crippen LogP contribution is -2.42. The molecule has 90 valence electrons. The summed E-state index contributed by atoms with van der Waals surface area (Å²) in [5.41, 5.74) is 0.584. The van der Waals surface area contributed by atoms with E-state index in [0.29, 0.717) is 5.41 Å². The van der Waals surface area contributed by atoms with Crippen molar-refractivity contribution in [3.63, 3.8) is 0 Å². The lowest BCUT2D eigenvalue weighted by Gasteiger charge is -2.39. The zero-order chi connectivity index (χ0) is 11.3. The van der Waals surface area contributed by atoms with Crippen molar-refractivity contribution in [3.8, 4) is 0 Å². The minimum atomic E-state index is 0.584. The molecular weight excluding hydrogens is 182 g/mol. The van der Waals surface area contributed by atoms with Gasteiger partial charge in [0.25, 0.3) is 0 Å². The van der Waals surface area contributed by atoms with Crippen LogP contribution in [0.5, 0.6) is 0 Å².